The third-order valence-electron chi connectivity index (χ3n) is 6.45. The van der Waals surface area contributed by atoms with Crippen LogP contribution in [0.1, 0.15) is 53.2 Å². The fourth-order valence-corrected chi connectivity index (χ4v) is 4.40. The van der Waals surface area contributed by atoms with Crippen molar-refractivity contribution in [1.82, 2.24) is 15.5 Å². The lowest BCUT2D eigenvalue weighted by molar-refractivity contribution is -0.139. The van der Waals surface area contributed by atoms with Crippen LogP contribution in [0.2, 0.25) is 0 Å². The molecule has 2 aliphatic heterocycles. The average Bonchev–Trinajstić information content (AvgIpc) is 2.91. The molecule has 0 unspecified atom stereocenters. The summed E-state index contributed by atoms with van der Waals surface area (Å²) in [5, 5.41) is 9.49. The topological polar surface area (TPSA) is 90.5 Å². The minimum atomic E-state index is -0.694. The zero-order valence-corrected chi connectivity index (χ0v) is 18.8. The molecule has 2 atom stereocenters. The number of carbonyl (C=O) groups is 3. The Balaban J connectivity index is 1.42. The number of hydrogen-bond acceptors (Lipinski definition) is 4. The van der Waals surface area contributed by atoms with E-state index in [0.29, 0.717) is 31.5 Å². The van der Waals surface area contributed by atoms with Crippen molar-refractivity contribution < 1.29 is 14.4 Å². The Kier molecular flexibility index (Phi) is 5.91. The molecule has 7 nitrogen and oxygen atoms in total. The van der Waals surface area contributed by atoms with Gasteiger partial charge in [0.25, 0.3) is 5.91 Å². The highest BCUT2D eigenvalue weighted by molar-refractivity contribution is 6.02. The van der Waals surface area contributed by atoms with E-state index in [2.05, 4.69) is 16.0 Å². The number of fused-ring (bicyclic) bond motifs is 1. The van der Waals surface area contributed by atoms with Gasteiger partial charge in [-0.2, -0.15) is 0 Å². The molecule has 7 heteroatoms. The summed E-state index contributed by atoms with van der Waals surface area (Å²) >= 11 is 0. The molecule has 32 heavy (non-hydrogen) atoms. The van der Waals surface area contributed by atoms with Gasteiger partial charge in [0.05, 0.1) is 5.56 Å². The van der Waals surface area contributed by atoms with Crippen LogP contribution < -0.4 is 16.0 Å². The van der Waals surface area contributed by atoms with Crippen LogP contribution in [0.15, 0.2) is 42.5 Å². The first-order valence-electron chi connectivity index (χ1n) is 11.1. The number of rotatable bonds is 4. The predicted octanol–water partition coefficient (Wildman–Crippen LogP) is 2.87. The van der Waals surface area contributed by atoms with E-state index in [1.807, 2.05) is 56.3 Å². The van der Waals surface area contributed by atoms with Gasteiger partial charge in [-0.25, -0.2) is 0 Å². The second kappa shape index (κ2) is 8.65. The van der Waals surface area contributed by atoms with Crippen LogP contribution >= 0.6 is 0 Å². The Morgan fingerprint density at radius 2 is 1.78 bits per heavy atom. The SMILES string of the molecule is Cc1ccc(CNC(=O)[C@H](C)N2CC[C@@]3(CCC2=O)NC(=O)c2ccc(C)cc2N3)cc1. The first kappa shape index (κ1) is 21.9. The first-order chi connectivity index (χ1) is 15.3. The summed E-state index contributed by atoms with van der Waals surface area (Å²) in [6, 6.07) is 13.1. The molecule has 3 N–H and O–H groups in total. The largest absolute Gasteiger partial charge is 0.362 e. The zero-order valence-electron chi connectivity index (χ0n) is 18.8. The fourth-order valence-electron chi connectivity index (χ4n) is 4.40. The number of nitrogens with zero attached hydrogens (tertiary/aromatic N) is 1. The number of hydrogen-bond donors (Lipinski definition) is 3. The van der Waals surface area contributed by atoms with Gasteiger partial charge in [-0.1, -0.05) is 35.9 Å². The molecule has 3 amide bonds. The maximum absolute atomic E-state index is 12.9. The van der Waals surface area contributed by atoms with Gasteiger partial charge in [-0.05, 0) is 50.5 Å². The third kappa shape index (κ3) is 4.47. The lowest BCUT2D eigenvalue weighted by Gasteiger charge is -2.40. The molecule has 2 aromatic carbocycles. The van der Waals surface area contributed by atoms with E-state index >= 15 is 0 Å². The molecule has 4 rings (SSSR count). The minimum Gasteiger partial charge on any atom is -0.362 e. The molecule has 1 fully saturated rings. The van der Waals surface area contributed by atoms with E-state index < -0.39 is 11.7 Å². The lowest BCUT2D eigenvalue weighted by Crippen LogP contribution is -2.58. The van der Waals surface area contributed by atoms with E-state index in [0.717, 1.165) is 16.8 Å². The Bertz CT molecular complexity index is 1050. The summed E-state index contributed by atoms with van der Waals surface area (Å²) in [5.74, 6) is -0.397. The second-order valence-electron chi connectivity index (χ2n) is 8.93. The van der Waals surface area contributed by atoms with Crippen LogP contribution in [0.5, 0.6) is 0 Å². The van der Waals surface area contributed by atoms with Crippen molar-refractivity contribution in [3.63, 3.8) is 0 Å². The molecule has 2 aromatic rings. The molecule has 168 valence electrons. The van der Waals surface area contributed by atoms with Crippen molar-refractivity contribution in [2.75, 3.05) is 11.9 Å². The number of aryl methyl sites for hydroxylation is 2. The van der Waals surface area contributed by atoms with E-state index in [-0.39, 0.29) is 24.1 Å². The van der Waals surface area contributed by atoms with Crippen LogP contribution in [-0.2, 0) is 16.1 Å². The van der Waals surface area contributed by atoms with E-state index in [1.54, 1.807) is 11.8 Å². The van der Waals surface area contributed by atoms with Gasteiger partial charge in [0.15, 0.2) is 0 Å². The van der Waals surface area contributed by atoms with Gasteiger partial charge >= 0.3 is 0 Å². The molecule has 0 saturated carbocycles. The standard InChI is InChI=1S/C25H30N4O3/c1-16-4-7-19(8-5-16)15-26-23(31)18(3)29-13-12-25(11-10-22(29)30)27-21-14-17(2)6-9-20(21)24(32)28-25/h4-9,14,18,27H,10-13,15H2,1-3H3,(H,26,31)(H,28,32)/t18-,25+/m0/s1. The molecule has 0 radical (unpaired) electrons. The first-order valence-corrected chi connectivity index (χ1v) is 11.1. The highest BCUT2D eigenvalue weighted by Crippen LogP contribution is 2.32. The molecule has 2 heterocycles. The van der Waals surface area contributed by atoms with Crippen molar-refractivity contribution in [2.45, 2.75) is 58.3 Å². The number of benzene rings is 2. The number of carbonyl (C=O) groups excluding carboxylic acids is 3. The van der Waals surface area contributed by atoms with Gasteiger partial charge in [0.2, 0.25) is 11.8 Å². The monoisotopic (exact) mass is 434 g/mol. The number of anilines is 1. The predicted molar refractivity (Wildman–Crippen MR) is 123 cm³/mol. The van der Waals surface area contributed by atoms with Gasteiger partial charge in [-0.3, -0.25) is 14.4 Å². The second-order valence-corrected chi connectivity index (χ2v) is 8.93. The third-order valence-corrected chi connectivity index (χ3v) is 6.45. The summed E-state index contributed by atoms with van der Waals surface area (Å²) in [4.78, 5) is 40.0. The van der Waals surface area contributed by atoms with Crippen molar-refractivity contribution in [1.29, 1.82) is 0 Å². The highest BCUT2D eigenvalue weighted by atomic mass is 16.2. The van der Waals surface area contributed by atoms with Crippen LogP contribution in [0, 0.1) is 13.8 Å². The molecular formula is C25H30N4O3. The minimum absolute atomic E-state index is 0.0778. The molecule has 0 bridgehead atoms. The summed E-state index contributed by atoms with van der Waals surface area (Å²) in [5.41, 5.74) is 3.95. The molecule has 0 aliphatic carbocycles. The van der Waals surface area contributed by atoms with Crippen LogP contribution in [-0.4, -0.2) is 40.9 Å². The Labute approximate surface area is 188 Å². The van der Waals surface area contributed by atoms with Crippen molar-refractivity contribution in [3.05, 3.63) is 64.7 Å². The molecule has 1 spiro atoms. The van der Waals surface area contributed by atoms with E-state index in [4.69, 9.17) is 0 Å². The zero-order chi connectivity index (χ0) is 22.9. The van der Waals surface area contributed by atoms with Gasteiger partial charge in [0.1, 0.15) is 11.7 Å². The maximum atomic E-state index is 12.9. The van der Waals surface area contributed by atoms with Crippen LogP contribution in [0.3, 0.4) is 0 Å². The van der Waals surface area contributed by atoms with Crippen molar-refractivity contribution in [2.24, 2.45) is 0 Å². The van der Waals surface area contributed by atoms with Gasteiger partial charge < -0.3 is 20.9 Å². The van der Waals surface area contributed by atoms with E-state index in [9.17, 15) is 14.4 Å². The Morgan fingerprint density at radius 3 is 2.53 bits per heavy atom. The van der Waals surface area contributed by atoms with Gasteiger partial charge in [-0.15, -0.1) is 0 Å². The van der Waals surface area contributed by atoms with Gasteiger partial charge in [0, 0.05) is 31.6 Å². The summed E-state index contributed by atoms with van der Waals surface area (Å²) in [7, 11) is 0. The smallest absolute Gasteiger partial charge is 0.255 e. The summed E-state index contributed by atoms with van der Waals surface area (Å²) < 4.78 is 0. The van der Waals surface area contributed by atoms with Crippen LogP contribution in [0.25, 0.3) is 0 Å². The van der Waals surface area contributed by atoms with E-state index in [1.165, 1.54) is 5.56 Å². The normalized spacial score (nSPS) is 21.3. The Hall–Kier alpha value is -3.35. The number of nitrogens with one attached hydrogen (secondary N) is 3. The lowest BCUT2D eigenvalue weighted by atomic mass is 9.94. The summed E-state index contributed by atoms with van der Waals surface area (Å²) in [6.07, 6.45) is 1.25. The molecular weight excluding hydrogens is 404 g/mol. The number of likely N-dealkylation sites (tertiary alicyclic amines) is 1. The highest BCUT2D eigenvalue weighted by Gasteiger charge is 2.41. The number of amides is 3. The van der Waals surface area contributed by atoms with Crippen molar-refractivity contribution >= 4 is 23.4 Å². The average molecular weight is 435 g/mol. The molecule has 1 saturated heterocycles. The Morgan fingerprint density at radius 1 is 1.06 bits per heavy atom. The van der Waals surface area contributed by atoms with Crippen LogP contribution in [0.4, 0.5) is 5.69 Å². The quantitative estimate of drug-likeness (QED) is 0.690. The van der Waals surface area contributed by atoms with Crippen molar-refractivity contribution in [3.8, 4) is 0 Å². The maximum Gasteiger partial charge on any atom is 0.255 e. The molecule has 0 aromatic heterocycles. The summed E-state index contributed by atoms with van der Waals surface area (Å²) in [6.45, 7) is 6.56. The fraction of sp³-hybridized carbons (Fsp3) is 0.400. The molecule has 2 aliphatic rings.